The molecule has 5 nitrogen and oxygen atoms in total. The van der Waals surface area contributed by atoms with E-state index in [0.717, 1.165) is 0 Å². The zero-order valence-corrected chi connectivity index (χ0v) is 11.6. The summed E-state index contributed by atoms with van der Waals surface area (Å²) >= 11 is 0. The van der Waals surface area contributed by atoms with Crippen LogP contribution in [-0.4, -0.2) is 43.6 Å². The molecule has 0 radical (unpaired) electrons. The summed E-state index contributed by atoms with van der Waals surface area (Å²) in [5.41, 5.74) is 1.06. The first-order valence-electron chi connectivity index (χ1n) is 6.21. The minimum absolute atomic E-state index is 0.00273. The van der Waals surface area contributed by atoms with Crippen LogP contribution in [0.4, 0.5) is 0 Å². The van der Waals surface area contributed by atoms with Gasteiger partial charge in [-0.1, -0.05) is 17.9 Å². The number of benzene rings is 1. The summed E-state index contributed by atoms with van der Waals surface area (Å²) in [6, 6.07) is 6.37. The van der Waals surface area contributed by atoms with E-state index in [-0.39, 0.29) is 30.1 Å². The van der Waals surface area contributed by atoms with E-state index in [1.165, 1.54) is 0 Å². The zero-order chi connectivity index (χ0) is 14.6. The summed E-state index contributed by atoms with van der Waals surface area (Å²) in [6.07, 6.45) is 0.456. The van der Waals surface area contributed by atoms with Gasteiger partial charge in [-0.15, -0.1) is 0 Å². The van der Waals surface area contributed by atoms with Crippen molar-refractivity contribution >= 4 is 15.7 Å². The second-order valence-electron chi connectivity index (χ2n) is 4.61. The third kappa shape index (κ3) is 3.83. The highest BCUT2D eigenvalue weighted by atomic mass is 32.2. The minimum atomic E-state index is -3.01. The molecule has 1 heterocycles. The number of nitrogens with one attached hydrogen (secondary N) is 1. The molecule has 20 heavy (non-hydrogen) atoms. The van der Waals surface area contributed by atoms with Crippen molar-refractivity contribution in [3.63, 3.8) is 0 Å². The fourth-order valence-electron chi connectivity index (χ4n) is 2.06. The molecular weight excluding hydrogens is 278 g/mol. The molecule has 0 saturated carbocycles. The topological polar surface area (TPSA) is 83.5 Å². The Hall–Kier alpha value is -1.84. The van der Waals surface area contributed by atoms with Crippen molar-refractivity contribution in [3.8, 4) is 11.8 Å². The van der Waals surface area contributed by atoms with Gasteiger partial charge in [-0.05, 0) is 24.6 Å². The molecular formula is C14H15NO4S. The maximum absolute atomic E-state index is 12.0. The van der Waals surface area contributed by atoms with Gasteiger partial charge in [0.2, 0.25) is 0 Å². The molecule has 1 saturated heterocycles. The third-order valence-electron chi connectivity index (χ3n) is 3.00. The standard InChI is InChI=1S/C14H15NO4S/c16-7-2-4-11-3-1-5-12(9-11)14(17)15-13-6-8-20(18,19)10-13/h1,3,5,9,13,16H,6-8,10H2,(H,15,17). The van der Waals surface area contributed by atoms with Gasteiger partial charge in [-0.3, -0.25) is 4.79 Å². The first kappa shape index (κ1) is 14.6. The van der Waals surface area contributed by atoms with Gasteiger partial charge in [-0.25, -0.2) is 8.42 Å². The highest BCUT2D eigenvalue weighted by Crippen LogP contribution is 2.12. The molecule has 1 aliphatic rings. The molecule has 0 aliphatic carbocycles. The highest BCUT2D eigenvalue weighted by molar-refractivity contribution is 7.91. The molecule has 106 valence electrons. The van der Waals surface area contributed by atoms with E-state index in [4.69, 9.17) is 5.11 Å². The predicted octanol–water partition coefficient (Wildman–Crippen LogP) is -0.0527. The molecule has 1 atom stereocenters. The van der Waals surface area contributed by atoms with Crippen LogP contribution >= 0.6 is 0 Å². The van der Waals surface area contributed by atoms with Crippen LogP contribution in [0.2, 0.25) is 0 Å². The number of carbonyl (C=O) groups excluding carboxylic acids is 1. The molecule has 1 aromatic rings. The van der Waals surface area contributed by atoms with Gasteiger partial charge < -0.3 is 10.4 Å². The number of aliphatic hydroxyl groups is 1. The average Bonchev–Trinajstić information content (AvgIpc) is 2.76. The lowest BCUT2D eigenvalue weighted by molar-refractivity contribution is 0.0941. The number of aliphatic hydroxyl groups excluding tert-OH is 1. The number of hydrogen-bond acceptors (Lipinski definition) is 4. The van der Waals surface area contributed by atoms with Gasteiger partial charge in [0, 0.05) is 17.2 Å². The predicted molar refractivity (Wildman–Crippen MR) is 74.9 cm³/mol. The molecule has 1 aromatic carbocycles. The molecule has 1 fully saturated rings. The normalized spacial score (nSPS) is 19.9. The fraction of sp³-hybridized carbons (Fsp3) is 0.357. The molecule has 0 bridgehead atoms. The van der Waals surface area contributed by atoms with Gasteiger partial charge in [0.25, 0.3) is 5.91 Å². The lowest BCUT2D eigenvalue weighted by atomic mass is 10.1. The SMILES string of the molecule is O=C(NC1CCS(=O)(=O)C1)c1cccc(C#CCO)c1. The summed E-state index contributed by atoms with van der Waals surface area (Å²) in [7, 11) is -3.01. The Morgan fingerprint density at radius 2 is 2.25 bits per heavy atom. The molecule has 1 aliphatic heterocycles. The van der Waals surface area contributed by atoms with Crippen molar-refractivity contribution in [2.45, 2.75) is 12.5 Å². The molecule has 0 spiro atoms. The quantitative estimate of drug-likeness (QED) is 0.749. The second kappa shape index (κ2) is 6.07. The van der Waals surface area contributed by atoms with Crippen molar-refractivity contribution in [2.24, 2.45) is 0 Å². The van der Waals surface area contributed by atoms with Gasteiger partial charge in [-0.2, -0.15) is 0 Å². The van der Waals surface area contributed by atoms with Crippen molar-refractivity contribution in [2.75, 3.05) is 18.1 Å². The Kier molecular flexibility index (Phi) is 4.42. The molecule has 1 unspecified atom stereocenters. The van der Waals surface area contributed by atoms with E-state index < -0.39 is 9.84 Å². The van der Waals surface area contributed by atoms with Crippen LogP contribution in [0, 0.1) is 11.8 Å². The van der Waals surface area contributed by atoms with Crippen LogP contribution in [0.15, 0.2) is 24.3 Å². The highest BCUT2D eigenvalue weighted by Gasteiger charge is 2.29. The molecule has 2 N–H and O–H groups in total. The first-order chi connectivity index (χ1) is 9.50. The van der Waals surface area contributed by atoms with Crippen molar-refractivity contribution < 1.29 is 18.3 Å². The van der Waals surface area contributed by atoms with Crippen LogP contribution in [0.3, 0.4) is 0 Å². The lowest BCUT2D eigenvalue weighted by Crippen LogP contribution is -2.35. The first-order valence-corrected chi connectivity index (χ1v) is 8.03. The summed E-state index contributed by atoms with van der Waals surface area (Å²) < 4.78 is 22.7. The fourth-order valence-corrected chi connectivity index (χ4v) is 3.73. The maximum atomic E-state index is 12.0. The van der Waals surface area contributed by atoms with E-state index in [9.17, 15) is 13.2 Å². The summed E-state index contributed by atoms with van der Waals surface area (Å²) in [4.78, 5) is 12.0. The molecule has 0 aromatic heterocycles. The van der Waals surface area contributed by atoms with E-state index in [0.29, 0.717) is 17.5 Å². The maximum Gasteiger partial charge on any atom is 0.251 e. The van der Waals surface area contributed by atoms with Crippen LogP contribution in [-0.2, 0) is 9.84 Å². The van der Waals surface area contributed by atoms with Crippen LogP contribution in [0.1, 0.15) is 22.3 Å². The average molecular weight is 293 g/mol. The minimum Gasteiger partial charge on any atom is -0.384 e. The number of hydrogen-bond donors (Lipinski definition) is 2. The second-order valence-corrected chi connectivity index (χ2v) is 6.84. The number of amides is 1. The van der Waals surface area contributed by atoms with Gasteiger partial charge in [0.1, 0.15) is 6.61 Å². The molecule has 2 rings (SSSR count). The van der Waals surface area contributed by atoms with Gasteiger partial charge >= 0.3 is 0 Å². The molecule has 1 amide bonds. The number of carbonyl (C=O) groups is 1. The van der Waals surface area contributed by atoms with Crippen LogP contribution < -0.4 is 5.32 Å². The summed E-state index contributed by atoms with van der Waals surface area (Å²) in [6.45, 7) is -0.240. The monoisotopic (exact) mass is 293 g/mol. The summed E-state index contributed by atoms with van der Waals surface area (Å²) in [5, 5.41) is 11.4. The third-order valence-corrected chi connectivity index (χ3v) is 4.77. The molecule has 6 heteroatoms. The Labute approximate surface area is 117 Å². The van der Waals surface area contributed by atoms with Crippen LogP contribution in [0.5, 0.6) is 0 Å². The Morgan fingerprint density at radius 3 is 2.90 bits per heavy atom. The number of rotatable bonds is 2. The number of sulfone groups is 1. The Morgan fingerprint density at radius 1 is 1.45 bits per heavy atom. The van der Waals surface area contributed by atoms with Gasteiger partial charge in [0.15, 0.2) is 9.84 Å². The van der Waals surface area contributed by atoms with Crippen molar-refractivity contribution in [1.82, 2.24) is 5.32 Å². The smallest absolute Gasteiger partial charge is 0.251 e. The van der Waals surface area contributed by atoms with E-state index in [1.807, 2.05) is 0 Å². The van der Waals surface area contributed by atoms with Crippen LogP contribution in [0.25, 0.3) is 0 Å². The van der Waals surface area contributed by atoms with E-state index in [2.05, 4.69) is 17.2 Å². The largest absolute Gasteiger partial charge is 0.384 e. The Bertz CT molecular complexity index is 670. The van der Waals surface area contributed by atoms with Crippen molar-refractivity contribution in [1.29, 1.82) is 0 Å². The van der Waals surface area contributed by atoms with Crippen molar-refractivity contribution in [3.05, 3.63) is 35.4 Å². The lowest BCUT2D eigenvalue weighted by Gasteiger charge is -2.10. The summed E-state index contributed by atoms with van der Waals surface area (Å²) in [5.74, 6) is 5.05. The van der Waals surface area contributed by atoms with E-state index >= 15 is 0 Å². The van der Waals surface area contributed by atoms with E-state index in [1.54, 1.807) is 24.3 Å². The van der Waals surface area contributed by atoms with Gasteiger partial charge in [0.05, 0.1) is 11.5 Å². The zero-order valence-electron chi connectivity index (χ0n) is 10.8. The Balaban J connectivity index is 2.06.